The number of amides is 2. The summed E-state index contributed by atoms with van der Waals surface area (Å²) in [5.41, 5.74) is 0.348. The van der Waals surface area contributed by atoms with Crippen LogP contribution < -0.4 is 14.2 Å². The first-order valence-corrected chi connectivity index (χ1v) is 10.3. The lowest BCUT2D eigenvalue weighted by Crippen LogP contribution is -2.55. The van der Waals surface area contributed by atoms with Crippen LogP contribution in [0.1, 0.15) is 10.4 Å². The van der Waals surface area contributed by atoms with E-state index >= 15 is 0 Å². The van der Waals surface area contributed by atoms with Gasteiger partial charge in [0.1, 0.15) is 12.4 Å². The molecule has 2 aromatic carbocycles. The van der Waals surface area contributed by atoms with Gasteiger partial charge < -0.3 is 28.7 Å². The van der Waals surface area contributed by atoms with Gasteiger partial charge in [0.25, 0.3) is 11.8 Å². The lowest BCUT2D eigenvalue weighted by Gasteiger charge is -2.37. The summed E-state index contributed by atoms with van der Waals surface area (Å²) in [6, 6.07) is 13.7. The van der Waals surface area contributed by atoms with Crippen molar-refractivity contribution in [2.24, 2.45) is 0 Å². The molecular formula is C23H24N2O7. The van der Waals surface area contributed by atoms with E-state index in [0.717, 1.165) is 0 Å². The molecule has 2 aliphatic heterocycles. The molecule has 0 saturated carbocycles. The van der Waals surface area contributed by atoms with E-state index in [9.17, 15) is 14.4 Å². The quantitative estimate of drug-likeness (QED) is 0.648. The molecule has 1 atom stereocenters. The summed E-state index contributed by atoms with van der Waals surface area (Å²) in [7, 11) is 1.30. The smallest absolute Gasteiger partial charge is 0.337 e. The number of para-hydroxylation sites is 2. The number of carbonyl (C=O) groups excluding carboxylic acids is 3. The van der Waals surface area contributed by atoms with E-state index in [1.165, 1.54) is 13.2 Å². The molecule has 0 radical (unpaired) electrons. The van der Waals surface area contributed by atoms with Crippen LogP contribution in [0.5, 0.6) is 17.2 Å². The van der Waals surface area contributed by atoms with E-state index < -0.39 is 12.1 Å². The van der Waals surface area contributed by atoms with E-state index in [0.29, 0.717) is 49.0 Å². The largest absolute Gasteiger partial charge is 0.485 e. The van der Waals surface area contributed by atoms with Gasteiger partial charge in [-0.2, -0.15) is 0 Å². The van der Waals surface area contributed by atoms with Crippen molar-refractivity contribution in [2.75, 3.05) is 46.5 Å². The molecule has 0 aliphatic carbocycles. The number of esters is 1. The van der Waals surface area contributed by atoms with Crippen LogP contribution in [0, 0.1) is 0 Å². The molecule has 0 aromatic heterocycles. The zero-order chi connectivity index (χ0) is 22.5. The number of hydrogen-bond acceptors (Lipinski definition) is 7. The van der Waals surface area contributed by atoms with Crippen LogP contribution in [0.25, 0.3) is 0 Å². The molecule has 2 aromatic rings. The Morgan fingerprint density at radius 1 is 0.969 bits per heavy atom. The maximum absolute atomic E-state index is 12.8. The summed E-state index contributed by atoms with van der Waals surface area (Å²) in [5.74, 6) is 0.779. The van der Waals surface area contributed by atoms with Gasteiger partial charge in [-0.15, -0.1) is 0 Å². The molecular weight excluding hydrogens is 416 g/mol. The number of benzene rings is 2. The Bertz CT molecular complexity index is 1000. The van der Waals surface area contributed by atoms with Crippen molar-refractivity contribution in [1.82, 2.24) is 9.80 Å². The molecule has 0 N–H and O–H groups in total. The fourth-order valence-electron chi connectivity index (χ4n) is 3.59. The Hall–Kier alpha value is -3.75. The average Bonchev–Trinajstić information content (AvgIpc) is 2.86. The SMILES string of the molecule is COC(=O)c1cccc(OCC(=O)N2CCN(C(=O)C3COc4ccccc4O3)CC2)c1. The molecule has 4 rings (SSSR count). The fraction of sp³-hybridized carbons (Fsp3) is 0.348. The zero-order valence-corrected chi connectivity index (χ0v) is 17.7. The first kappa shape index (κ1) is 21.5. The van der Waals surface area contributed by atoms with E-state index in [4.69, 9.17) is 14.2 Å². The van der Waals surface area contributed by atoms with Gasteiger partial charge in [0, 0.05) is 26.2 Å². The summed E-state index contributed by atoms with van der Waals surface area (Å²) in [6.45, 7) is 1.62. The van der Waals surface area contributed by atoms with Crippen LogP contribution in [0.3, 0.4) is 0 Å². The van der Waals surface area contributed by atoms with Crippen LogP contribution in [-0.4, -0.2) is 80.2 Å². The third kappa shape index (κ3) is 4.77. The van der Waals surface area contributed by atoms with E-state index in [-0.39, 0.29) is 25.0 Å². The molecule has 32 heavy (non-hydrogen) atoms. The Balaban J connectivity index is 1.25. The van der Waals surface area contributed by atoms with Crippen LogP contribution in [0.4, 0.5) is 0 Å². The molecule has 0 spiro atoms. The van der Waals surface area contributed by atoms with Crippen LogP contribution >= 0.6 is 0 Å². The third-order valence-corrected chi connectivity index (χ3v) is 5.35. The van der Waals surface area contributed by atoms with Crippen LogP contribution in [-0.2, 0) is 14.3 Å². The van der Waals surface area contributed by atoms with Crippen molar-refractivity contribution < 1.29 is 33.3 Å². The second kappa shape index (κ2) is 9.59. The topological polar surface area (TPSA) is 94.6 Å². The van der Waals surface area contributed by atoms with Gasteiger partial charge in [0.2, 0.25) is 6.10 Å². The Labute approximate surface area is 185 Å². The van der Waals surface area contributed by atoms with Crippen LogP contribution in [0.15, 0.2) is 48.5 Å². The van der Waals surface area contributed by atoms with E-state index in [1.54, 1.807) is 40.1 Å². The first-order valence-electron chi connectivity index (χ1n) is 10.3. The lowest BCUT2D eigenvalue weighted by atomic mass is 10.2. The number of carbonyl (C=O) groups is 3. The monoisotopic (exact) mass is 440 g/mol. The Morgan fingerprint density at radius 2 is 1.69 bits per heavy atom. The molecule has 0 bridgehead atoms. The fourth-order valence-corrected chi connectivity index (χ4v) is 3.59. The van der Waals surface area contributed by atoms with Crippen LogP contribution in [0.2, 0.25) is 0 Å². The standard InChI is InChI=1S/C23H24N2O7/c1-29-23(28)16-5-4-6-17(13-16)30-15-21(26)24-9-11-25(12-10-24)22(27)20-14-31-18-7-2-3-8-19(18)32-20/h2-8,13,20H,9-12,14-15H2,1H3. The third-order valence-electron chi connectivity index (χ3n) is 5.35. The summed E-state index contributed by atoms with van der Waals surface area (Å²) in [6.07, 6.45) is -0.697. The van der Waals surface area contributed by atoms with Gasteiger partial charge in [-0.25, -0.2) is 4.79 Å². The first-order chi connectivity index (χ1) is 15.5. The van der Waals surface area contributed by atoms with Gasteiger partial charge in [-0.3, -0.25) is 9.59 Å². The average molecular weight is 440 g/mol. The molecule has 9 heteroatoms. The molecule has 9 nitrogen and oxygen atoms in total. The highest BCUT2D eigenvalue weighted by Crippen LogP contribution is 2.31. The number of ether oxygens (including phenoxy) is 4. The number of hydrogen-bond donors (Lipinski definition) is 0. The predicted molar refractivity (Wildman–Crippen MR) is 113 cm³/mol. The van der Waals surface area contributed by atoms with E-state index in [1.807, 2.05) is 12.1 Å². The van der Waals surface area contributed by atoms with Crippen molar-refractivity contribution in [3.8, 4) is 17.2 Å². The van der Waals surface area contributed by atoms with Gasteiger partial charge in [-0.05, 0) is 30.3 Å². The minimum atomic E-state index is -0.697. The molecule has 2 amide bonds. The Morgan fingerprint density at radius 3 is 2.44 bits per heavy atom. The summed E-state index contributed by atoms with van der Waals surface area (Å²) in [5, 5.41) is 0. The zero-order valence-electron chi connectivity index (χ0n) is 17.7. The van der Waals surface area contributed by atoms with Crippen molar-refractivity contribution in [2.45, 2.75) is 6.10 Å². The number of fused-ring (bicyclic) bond motifs is 1. The van der Waals surface area contributed by atoms with E-state index in [2.05, 4.69) is 4.74 Å². The summed E-state index contributed by atoms with van der Waals surface area (Å²) in [4.78, 5) is 40.3. The molecule has 1 fully saturated rings. The normalized spacial score (nSPS) is 17.5. The highest BCUT2D eigenvalue weighted by molar-refractivity contribution is 5.89. The molecule has 1 unspecified atom stereocenters. The number of nitrogens with zero attached hydrogens (tertiary/aromatic N) is 2. The Kier molecular flexibility index (Phi) is 6.44. The second-order valence-electron chi connectivity index (χ2n) is 7.38. The van der Waals surface area contributed by atoms with Crippen molar-refractivity contribution in [3.05, 3.63) is 54.1 Å². The lowest BCUT2D eigenvalue weighted by molar-refractivity contribution is -0.146. The van der Waals surface area contributed by atoms with Crippen molar-refractivity contribution in [1.29, 1.82) is 0 Å². The predicted octanol–water partition coefficient (Wildman–Crippen LogP) is 1.36. The minimum Gasteiger partial charge on any atom is -0.485 e. The molecule has 1 saturated heterocycles. The highest BCUT2D eigenvalue weighted by atomic mass is 16.6. The van der Waals surface area contributed by atoms with Gasteiger partial charge >= 0.3 is 5.97 Å². The molecule has 168 valence electrons. The maximum atomic E-state index is 12.8. The van der Waals surface area contributed by atoms with Gasteiger partial charge in [0.15, 0.2) is 18.1 Å². The number of piperazine rings is 1. The molecule has 2 aliphatic rings. The number of methoxy groups -OCH3 is 1. The highest BCUT2D eigenvalue weighted by Gasteiger charge is 2.33. The van der Waals surface area contributed by atoms with Crippen molar-refractivity contribution in [3.63, 3.8) is 0 Å². The number of rotatable bonds is 5. The second-order valence-corrected chi connectivity index (χ2v) is 7.38. The van der Waals surface area contributed by atoms with Crippen molar-refractivity contribution >= 4 is 17.8 Å². The van der Waals surface area contributed by atoms with Gasteiger partial charge in [-0.1, -0.05) is 18.2 Å². The summed E-state index contributed by atoms with van der Waals surface area (Å²) < 4.78 is 21.6. The maximum Gasteiger partial charge on any atom is 0.337 e. The molecule has 2 heterocycles. The summed E-state index contributed by atoms with van der Waals surface area (Å²) >= 11 is 0. The minimum absolute atomic E-state index is 0.150. The van der Waals surface area contributed by atoms with Gasteiger partial charge in [0.05, 0.1) is 12.7 Å².